The lowest BCUT2D eigenvalue weighted by atomic mass is 10.5. The molecule has 0 fully saturated rings. The summed E-state index contributed by atoms with van der Waals surface area (Å²) in [5, 5.41) is 8.48. The van der Waals surface area contributed by atoms with Gasteiger partial charge in [-0.2, -0.15) is 0 Å². The standard InChI is InChI=1S/C7H6BrIN2O/c8-6-3-5(9)4-11-7(6)10-1-2-12/h1,3-4,12H,2H2. The molecule has 1 aromatic heterocycles. The lowest BCUT2D eigenvalue weighted by Gasteiger charge is -1.96. The largest absolute Gasteiger partial charge is 0.391 e. The average Bonchev–Trinajstić information content (AvgIpc) is 2.03. The van der Waals surface area contributed by atoms with E-state index >= 15 is 0 Å². The van der Waals surface area contributed by atoms with Gasteiger partial charge in [0.2, 0.25) is 0 Å². The van der Waals surface area contributed by atoms with Crippen LogP contribution < -0.4 is 0 Å². The Morgan fingerprint density at radius 1 is 1.75 bits per heavy atom. The van der Waals surface area contributed by atoms with Gasteiger partial charge in [0.05, 0.1) is 11.1 Å². The zero-order chi connectivity index (χ0) is 8.97. The van der Waals surface area contributed by atoms with E-state index in [1.165, 1.54) is 6.21 Å². The number of pyridine rings is 1. The Balaban J connectivity index is 2.94. The smallest absolute Gasteiger partial charge is 0.166 e. The van der Waals surface area contributed by atoms with Gasteiger partial charge < -0.3 is 5.11 Å². The molecular formula is C7H6BrIN2O. The molecule has 12 heavy (non-hydrogen) atoms. The van der Waals surface area contributed by atoms with Crippen molar-refractivity contribution >= 4 is 50.6 Å². The highest BCUT2D eigenvalue weighted by Crippen LogP contribution is 2.23. The first-order valence-electron chi connectivity index (χ1n) is 3.18. The van der Waals surface area contributed by atoms with E-state index in [-0.39, 0.29) is 6.61 Å². The molecule has 1 rings (SSSR count). The van der Waals surface area contributed by atoms with E-state index in [4.69, 9.17) is 5.11 Å². The lowest BCUT2D eigenvalue weighted by Crippen LogP contribution is -1.83. The molecule has 0 radical (unpaired) electrons. The van der Waals surface area contributed by atoms with Crippen molar-refractivity contribution in [1.82, 2.24) is 4.98 Å². The Morgan fingerprint density at radius 3 is 3.08 bits per heavy atom. The summed E-state index contributed by atoms with van der Waals surface area (Å²) in [5.74, 6) is 0.587. The highest BCUT2D eigenvalue weighted by molar-refractivity contribution is 14.1. The third-order valence-corrected chi connectivity index (χ3v) is 2.26. The molecule has 0 aromatic carbocycles. The molecule has 64 valence electrons. The predicted octanol–water partition coefficient (Wildman–Crippen LogP) is 2.14. The molecule has 0 bridgehead atoms. The Labute approximate surface area is 92.2 Å². The topological polar surface area (TPSA) is 45.5 Å². The summed E-state index contributed by atoms with van der Waals surface area (Å²) >= 11 is 5.48. The van der Waals surface area contributed by atoms with Crippen LogP contribution in [-0.2, 0) is 0 Å². The molecule has 0 saturated heterocycles. The van der Waals surface area contributed by atoms with E-state index in [1.54, 1.807) is 6.20 Å². The number of aromatic nitrogens is 1. The Morgan fingerprint density at radius 2 is 2.50 bits per heavy atom. The van der Waals surface area contributed by atoms with Crippen molar-refractivity contribution in [3.8, 4) is 0 Å². The van der Waals surface area contributed by atoms with Gasteiger partial charge in [0.15, 0.2) is 5.82 Å². The third-order valence-electron chi connectivity index (χ3n) is 1.08. The molecule has 0 unspecified atom stereocenters. The number of hydrogen-bond donors (Lipinski definition) is 1. The zero-order valence-corrected chi connectivity index (χ0v) is 9.78. The van der Waals surface area contributed by atoms with Crippen LogP contribution in [0.4, 0.5) is 5.82 Å². The summed E-state index contributed by atoms with van der Waals surface area (Å²) < 4.78 is 1.88. The Bertz CT molecular complexity index is 303. The van der Waals surface area contributed by atoms with Crippen LogP contribution in [0.25, 0.3) is 0 Å². The number of nitrogens with zero attached hydrogens (tertiary/aromatic N) is 2. The molecule has 0 atom stereocenters. The maximum absolute atomic E-state index is 8.48. The first kappa shape index (κ1) is 10.1. The van der Waals surface area contributed by atoms with Gasteiger partial charge >= 0.3 is 0 Å². The van der Waals surface area contributed by atoms with Crippen LogP contribution in [0.1, 0.15) is 0 Å². The molecule has 1 N–H and O–H groups in total. The van der Waals surface area contributed by atoms with E-state index in [2.05, 4.69) is 48.5 Å². The summed E-state index contributed by atoms with van der Waals surface area (Å²) in [4.78, 5) is 7.98. The molecule has 5 heteroatoms. The number of aliphatic hydroxyl groups is 1. The molecule has 0 aliphatic carbocycles. The fourth-order valence-corrected chi connectivity index (χ4v) is 1.96. The summed E-state index contributed by atoms with van der Waals surface area (Å²) in [6.07, 6.45) is 3.12. The van der Waals surface area contributed by atoms with Crippen LogP contribution in [0.15, 0.2) is 21.7 Å². The van der Waals surface area contributed by atoms with Gasteiger partial charge in [-0.1, -0.05) is 0 Å². The van der Waals surface area contributed by atoms with Crippen LogP contribution in [0.2, 0.25) is 0 Å². The second kappa shape index (κ2) is 4.88. The van der Waals surface area contributed by atoms with Gasteiger partial charge in [0.1, 0.15) is 0 Å². The van der Waals surface area contributed by atoms with E-state index < -0.39 is 0 Å². The minimum Gasteiger partial charge on any atom is -0.391 e. The van der Waals surface area contributed by atoms with Crippen molar-refractivity contribution < 1.29 is 5.11 Å². The molecule has 0 aliphatic heterocycles. The van der Waals surface area contributed by atoms with E-state index in [1.807, 2.05) is 6.07 Å². The van der Waals surface area contributed by atoms with Crippen molar-refractivity contribution in [2.24, 2.45) is 4.99 Å². The predicted molar refractivity (Wildman–Crippen MR) is 59.9 cm³/mol. The molecule has 0 aliphatic rings. The van der Waals surface area contributed by atoms with Gasteiger partial charge in [-0.05, 0) is 44.6 Å². The first-order valence-corrected chi connectivity index (χ1v) is 5.05. The van der Waals surface area contributed by atoms with E-state index in [0.29, 0.717) is 5.82 Å². The highest BCUT2D eigenvalue weighted by Gasteiger charge is 1.98. The lowest BCUT2D eigenvalue weighted by molar-refractivity contribution is 0.361. The van der Waals surface area contributed by atoms with Gasteiger partial charge in [-0.3, -0.25) is 0 Å². The van der Waals surface area contributed by atoms with Crippen molar-refractivity contribution in [3.05, 3.63) is 20.3 Å². The molecule has 1 aromatic rings. The van der Waals surface area contributed by atoms with Crippen LogP contribution >= 0.6 is 38.5 Å². The Hall–Kier alpha value is -0.0100. The molecular weight excluding hydrogens is 335 g/mol. The third kappa shape index (κ3) is 2.80. The summed E-state index contributed by atoms with van der Waals surface area (Å²) in [7, 11) is 0. The summed E-state index contributed by atoms with van der Waals surface area (Å²) in [6, 6.07) is 1.91. The Kier molecular flexibility index (Phi) is 4.10. The van der Waals surface area contributed by atoms with Crippen molar-refractivity contribution in [1.29, 1.82) is 0 Å². The van der Waals surface area contributed by atoms with Crippen molar-refractivity contribution in [2.45, 2.75) is 0 Å². The number of hydrogen-bond acceptors (Lipinski definition) is 3. The maximum Gasteiger partial charge on any atom is 0.166 e. The second-order valence-electron chi connectivity index (χ2n) is 1.95. The van der Waals surface area contributed by atoms with Crippen molar-refractivity contribution in [3.63, 3.8) is 0 Å². The van der Waals surface area contributed by atoms with Crippen LogP contribution in [0.3, 0.4) is 0 Å². The van der Waals surface area contributed by atoms with E-state index in [9.17, 15) is 0 Å². The fraction of sp³-hybridized carbons (Fsp3) is 0.143. The molecule has 1 heterocycles. The second-order valence-corrected chi connectivity index (χ2v) is 4.05. The maximum atomic E-state index is 8.48. The fourth-order valence-electron chi connectivity index (χ4n) is 0.630. The van der Waals surface area contributed by atoms with Gasteiger partial charge in [-0.15, -0.1) is 0 Å². The monoisotopic (exact) mass is 340 g/mol. The van der Waals surface area contributed by atoms with Crippen LogP contribution in [0, 0.1) is 3.57 Å². The minimum atomic E-state index is -0.0693. The van der Waals surface area contributed by atoms with Crippen LogP contribution in [-0.4, -0.2) is 22.9 Å². The van der Waals surface area contributed by atoms with Crippen LogP contribution in [0.5, 0.6) is 0 Å². The van der Waals surface area contributed by atoms with Gasteiger partial charge in [0.25, 0.3) is 0 Å². The highest BCUT2D eigenvalue weighted by atomic mass is 127. The number of halogens is 2. The van der Waals surface area contributed by atoms with E-state index in [0.717, 1.165) is 8.04 Å². The normalized spacial score (nSPS) is 10.9. The summed E-state index contributed by atoms with van der Waals surface area (Å²) in [5.41, 5.74) is 0. The molecule has 3 nitrogen and oxygen atoms in total. The van der Waals surface area contributed by atoms with Gasteiger partial charge in [-0.25, -0.2) is 9.98 Å². The number of rotatable bonds is 2. The minimum absolute atomic E-state index is 0.0693. The zero-order valence-electron chi connectivity index (χ0n) is 6.04. The number of aliphatic hydroxyl groups excluding tert-OH is 1. The molecule has 0 saturated carbocycles. The average molecular weight is 341 g/mol. The molecule has 0 amide bonds. The number of aliphatic imine (C=N–C) groups is 1. The van der Waals surface area contributed by atoms with Crippen molar-refractivity contribution in [2.75, 3.05) is 6.61 Å². The SMILES string of the molecule is OCC=Nc1ncc(I)cc1Br. The first-order chi connectivity index (χ1) is 5.74. The molecule has 0 spiro atoms. The quantitative estimate of drug-likeness (QED) is 0.662. The van der Waals surface area contributed by atoms with Gasteiger partial charge in [0, 0.05) is 16.0 Å². The summed E-state index contributed by atoms with van der Waals surface area (Å²) in [6.45, 7) is -0.0693.